The molecule has 0 unspecified atom stereocenters. The fourth-order valence-corrected chi connectivity index (χ4v) is 0.994. The summed E-state index contributed by atoms with van der Waals surface area (Å²) in [7, 11) is 0. The number of hydrogen-bond donors (Lipinski definition) is 0. The lowest BCUT2D eigenvalue weighted by atomic mass is 10.1. The van der Waals surface area contributed by atoms with E-state index < -0.39 is 0 Å². The molecule has 1 rings (SSSR count). The van der Waals surface area contributed by atoms with Crippen LogP contribution in [0.15, 0.2) is 61.2 Å². The summed E-state index contributed by atoms with van der Waals surface area (Å²) in [5.74, 6) is 0. The normalized spacial score (nSPS) is 10.2. The van der Waals surface area contributed by atoms with Crippen molar-refractivity contribution < 1.29 is 0 Å². The molecule has 13 heavy (non-hydrogen) atoms. The summed E-state index contributed by atoms with van der Waals surface area (Å²) in [6, 6.07) is 10.2. The molecule has 0 bridgehead atoms. The molecule has 0 aliphatic heterocycles. The lowest BCUT2D eigenvalue weighted by molar-refractivity contribution is 1.31. The third kappa shape index (κ3) is 3.57. The van der Waals surface area contributed by atoms with E-state index in [0.29, 0.717) is 0 Å². The van der Waals surface area contributed by atoms with Gasteiger partial charge in [0.25, 0.3) is 0 Å². The third-order valence-corrected chi connectivity index (χ3v) is 1.78. The van der Waals surface area contributed by atoms with Gasteiger partial charge in [-0.25, -0.2) is 0 Å². The monoisotopic (exact) mass is 170 g/mol. The van der Waals surface area contributed by atoms with Crippen LogP contribution in [-0.4, -0.2) is 0 Å². The molecule has 0 aliphatic rings. The summed E-state index contributed by atoms with van der Waals surface area (Å²) in [5, 5.41) is 0. The smallest absolute Gasteiger partial charge is 0.0100 e. The lowest BCUT2D eigenvalue weighted by Crippen LogP contribution is -1.71. The molecule has 0 nitrogen and oxygen atoms in total. The van der Waals surface area contributed by atoms with Crippen molar-refractivity contribution in [3.05, 3.63) is 66.8 Å². The van der Waals surface area contributed by atoms with Gasteiger partial charge in [0.2, 0.25) is 0 Å². The van der Waals surface area contributed by atoms with Crippen LogP contribution in [0.5, 0.6) is 0 Å². The predicted octanol–water partition coefficient (Wildman–Crippen LogP) is 3.83. The zero-order valence-corrected chi connectivity index (χ0v) is 7.74. The summed E-state index contributed by atoms with van der Waals surface area (Å²) in [5.41, 5.74) is 2.27. The van der Waals surface area contributed by atoms with Gasteiger partial charge >= 0.3 is 0 Å². The SMILES string of the molecule is C=CC(=C)CC=Cc1ccccc1. The van der Waals surface area contributed by atoms with E-state index in [9.17, 15) is 0 Å². The Balaban J connectivity index is 2.50. The van der Waals surface area contributed by atoms with Gasteiger partial charge in [-0.15, -0.1) is 0 Å². The van der Waals surface area contributed by atoms with E-state index in [-0.39, 0.29) is 0 Å². The van der Waals surface area contributed by atoms with Gasteiger partial charge in [0.1, 0.15) is 0 Å². The second-order valence-corrected chi connectivity index (χ2v) is 2.88. The maximum Gasteiger partial charge on any atom is -0.0100 e. The van der Waals surface area contributed by atoms with Crippen molar-refractivity contribution in [1.82, 2.24) is 0 Å². The maximum absolute atomic E-state index is 3.84. The Morgan fingerprint density at radius 2 is 1.92 bits per heavy atom. The second-order valence-electron chi connectivity index (χ2n) is 2.88. The zero-order valence-electron chi connectivity index (χ0n) is 7.74. The van der Waals surface area contributed by atoms with E-state index in [1.54, 1.807) is 6.08 Å². The fraction of sp³-hybridized carbons (Fsp3) is 0.0769. The summed E-state index contributed by atoms with van der Waals surface area (Å²) >= 11 is 0. The highest BCUT2D eigenvalue weighted by atomic mass is 13.9. The van der Waals surface area contributed by atoms with Gasteiger partial charge in [-0.3, -0.25) is 0 Å². The van der Waals surface area contributed by atoms with E-state index in [4.69, 9.17) is 0 Å². The van der Waals surface area contributed by atoms with Gasteiger partial charge in [-0.05, 0) is 12.0 Å². The molecule has 0 heterocycles. The Labute approximate surface area is 79.9 Å². The third-order valence-electron chi connectivity index (χ3n) is 1.78. The van der Waals surface area contributed by atoms with Crippen molar-refractivity contribution in [2.45, 2.75) is 6.42 Å². The van der Waals surface area contributed by atoms with Gasteiger partial charge in [0.15, 0.2) is 0 Å². The maximum atomic E-state index is 3.84. The summed E-state index contributed by atoms with van der Waals surface area (Å²) in [6.07, 6.45) is 6.85. The summed E-state index contributed by atoms with van der Waals surface area (Å²) < 4.78 is 0. The van der Waals surface area contributed by atoms with Crippen LogP contribution in [0.2, 0.25) is 0 Å². The predicted molar refractivity (Wildman–Crippen MR) is 59.4 cm³/mol. The van der Waals surface area contributed by atoms with Crippen LogP contribution in [0.1, 0.15) is 12.0 Å². The highest BCUT2D eigenvalue weighted by Crippen LogP contribution is 2.05. The van der Waals surface area contributed by atoms with Crippen LogP contribution in [-0.2, 0) is 0 Å². The van der Waals surface area contributed by atoms with E-state index in [1.807, 2.05) is 18.2 Å². The first-order chi connectivity index (χ1) is 6.33. The molecule has 0 amide bonds. The van der Waals surface area contributed by atoms with Gasteiger partial charge in [0, 0.05) is 0 Å². The van der Waals surface area contributed by atoms with Gasteiger partial charge in [-0.2, -0.15) is 0 Å². The largest absolute Gasteiger partial charge is 0.0988 e. The van der Waals surface area contributed by atoms with Gasteiger partial charge in [0.05, 0.1) is 0 Å². The first-order valence-electron chi connectivity index (χ1n) is 4.34. The fourth-order valence-electron chi connectivity index (χ4n) is 0.994. The molecule has 0 aromatic heterocycles. The van der Waals surface area contributed by atoms with Crippen molar-refractivity contribution in [3.8, 4) is 0 Å². The average Bonchev–Trinajstić information content (AvgIpc) is 2.19. The molecule has 0 atom stereocenters. The Morgan fingerprint density at radius 1 is 1.23 bits per heavy atom. The standard InChI is InChI=1S/C13H14/c1-3-12(2)8-7-11-13-9-5-4-6-10-13/h3-7,9-11H,1-2,8H2. The summed E-state index contributed by atoms with van der Waals surface area (Å²) in [6.45, 7) is 7.49. The zero-order chi connectivity index (χ0) is 9.52. The molecule has 66 valence electrons. The van der Waals surface area contributed by atoms with E-state index in [2.05, 4.69) is 37.4 Å². The van der Waals surface area contributed by atoms with Crippen molar-refractivity contribution >= 4 is 6.08 Å². The quantitative estimate of drug-likeness (QED) is 0.602. The minimum Gasteiger partial charge on any atom is -0.0988 e. The van der Waals surface area contributed by atoms with E-state index in [1.165, 1.54) is 5.56 Å². The molecule has 0 saturated carbocycles. The van der Waals surface area contributed by atoms with Crippen LogP contribution >= 0.6 is 0 Å². The van der Waals surface area contributed by atoms with Crippen molar-refractivity contribution in [3.63, 3.8) is 0 Å². The molecule has 0 N–H and O–H groups in total. The van der Waals surface area contributed by atoms with Crippen molar-refractivity contribution in [1.29, 1.82) is 0 Å². The van der Waals surface area contributed by atoms with E-state index >= 15 is 0 Å². The molecule has 1 aromatic rings. The molecule has 0 heteroatoms. The summed E-state index contributed by atoms with van der Waals surface area (Å²) in [4.78, 5) is 0. The molecule has 0 fully saturated rings. The van der Waals surface area contributed by atoms with Crippen LogP contribution in [0.4, 0.5) is 0 Å². The van der Waals surface area contributed by atoms with Crippen LogP contribution in [0.3, 0.4) is 0 Å². The van der Waals surface area contributed by atoms with Gasteiger partial charge < -0.3 is 0 Å². The lowest BCUT2D eigenvalue weighted by Gasteiger charge is -1.92. The Hall–Kier alpha value is -1.56. The number of hydrogen-bond acceptors (Lipinski definition) is 0. The first kappa shape index (κ1) is 9.53. The molecule has 1 aromatic carbocycles. The highest BCUT2D eigenvalue weighted by Gasteiger charge is 1.83. The van der Waals surface area contributed by atoms with Crippen LogP contribution in [0.25, 0.3) is 6.08 Å². The van der Waals surface area contributed by atoms with Crippen LogP contribution < -0.4 is 0 Å². The molecule has 0 spiro atoms. The number of rotatable bonds is 4. The average molecular weight is 170 g/mol. The number of allylic oxidation sites excluding steroid dienone is 3. The molecule has 0 radical (unpaired) electrons. The van der Waals surface area contributed by atoms with Crippen molar-refractivity contribution in [2.75, 3.05) is 0 Å². The molecule has 0 aliphatic carbocycles. The van der Waals surface area contributed by atoms with Crippen molar-refractivity contribution in [2.24, 2.45) is 0 Å². The Kier molecular flexibility index (Phi) is 3.77. The van der Waals surface area contributed by atoms with Crippen LogP contribution in [0, 0.1) is 0 Å². The molecule has 0 saturated heterocycles. The Morgan fingerprint density at radius 3 is 2.54 bits per heavy atom. The molecular formula is C13H14. The molecular weight excluding hydrogens is 156 g/mol. The second kappa shape index (κ2) is 5.15. The highest BCUT2D eigenvalue weighted by molar-refractivity contribution is 5.49. The minimum absolute atomic E-state index is 0.873. The number of benzene rings is 1. The minimum atomic E-state index is 0.873. The first-order valence-corrected chi connectivity index (χ1v) is 4.34. The van der Waals surface area contributed by atoms with Gasteiger partial charge in [-0.1, -0.05) is 67.3 Å². The Bertz CT molecular complexity index is 304. The topological polar surface area (TPSA) is 0 Å². The van der Waals surface area contributed by atoms with E-state index in [0.717, 1.165) is 12.0 Å².